The van der Waals surface area contributed by atoms with Gasteiger partial charge in [-0.1, -0.05) is 0 Å². The average molecular weight is 78.1 g/mol. The molecule has 0 fully saturated rings. The second-order valence-electron chi connectivity index (χ2n) is 0.202. The molecule has 0 saturated carbocycles. The summed E-state index contributed by atoms with van der Waals surface area (Å²) in [6.07, 6.45) is 0. The van der Waals surface area contributed by atoms with Gasteiger partial charge in [0.05, 0.1) is 0 Å². The Labute approximate surface area is 28.9 Å². The highest BCUT2D eigenvalue weighted by Gasteiger charge is 1.42. The van der Waals surface area contributed by atoms with Gasteiger partial charge >= 0.3 is 0 Å². The number of thiocarbonyl (C=S) groups is 1. The Kier molecular flexibility index (Phi) is 2.74. The molecule has 0 rings (SSSR count). The van der Waals surface area contributed by atoms with Gasteiger partial charge < -0.3 is 4.89 Å². The summed E-state index contributed by atoms with van der Waals surface area (Å²) in [5.41, 5.74) is 0.764. The first-order chi connectivity index (χ1) is 1.91. The molecule has 0 unspecified atom stereocenters. The lowest BCUT2D eigenvalue weighted by atomic mass is 11.7. The molecule has 0 atom stereocenters. The largest absolute Gasteiger partial charge is 0.336 e. The molecule has 0 bridgehead atoms. The predicted octanol–water partition coefficient (Wildman–Crippen LogP) is 0.433. The minimum absolute atomic E-state index is 0.764. The van der Waals surface area contributed by atoms with Crippen LogP contribution in [0.15, 0.2) is 0 Å². The van der Waals surface area contributed by atoms with Gasteiger partial charge in [-0.25, -0.2) is 5.26 Å². The van der Waals surface area contributed by atoms with Crippen molar-refractivity contribution in [3.8, 4) is 0 Å². The Balaban J connectivity index is 2.30. The van der Waals surface area contributed by atoms with Crippen molar-refractivity contribution in [1.29, 1.82) is 0 Å². The lowest BCUT2D eigenvalue weighted by Gasteiger charge is -1.67. The summed E-state index contributed by atoms with van der Waals surface area (Å²) < 4.78 is 0. The van der Waals surface area contributed by atoms with Crippen LogP contribution in [-0.4, -0.2) is 10.8 Å². The third-order valence-corrected chi connectivity index (χ3v) is 0.129. The normalized spacial score (nSPS) is 5.25. The van der Waals surface area contributed by atoms with E-state index in [2.05, 4.69) is 17.1 Å². The van der Waals surface area contributed by atoms with Gasteiger partial charge in [-0.2, -0.15) is 0 Å². The van der Waals surface area contributed by atoms with Gasteiger partial charge in [-0.3, -0.25) is 0 Å². The molecule has 0 aromatic heterocycles. The Morgan fingerprint density at radius 3 is 2.25 bits per heavy atom. The highest BCUT2D eigenvalue weighted by Crippen LogP contribution is 1.44. The van der Waals surface area contributed by atoms with Gasteiger partial charge in [0, 0.05) is 0 Å². The molecule has 0 aliphatic rings. The van der Waals surface area contributed by atoms with Crippen LogP contribution in [0.3, 0.4) is 0 Å². The molecule has 0 aromatic rings. The zero-order valence-electron chi connectivity index (χ0n) is 1.84. The summed E-state index contributed by atoms with van der Waals surface area (Å²) in [5.74, 6) is 0. The first-order valence-electron chi connectivity index (χ1n) is 0.654. The lowest BCUT2D eigenvalue weighted by Crippen LogP contribution is -1.66. The molecule has 0 aliphatic carbocycles. The van der Waals surface area contributed by atoms with E-state index in [0.29, 0.717) is 0 Å². The number of rotatable bonds is 1. The Bertz CT molecular complexity index is 20.0. The van der Waals surface area contributed by atoms with Crippen molar-refractivity contribution in [1.82, 2.24) is 0 Å². The monoisotopic (exact) mass is 78.0 g/mol. The van der Waals surface area contributed by atoms with E-state index in [-0.39, 0.29) is 0 Å². The van der Waals surface area contributed by atoms with E-state index in [4.69, 9.17) is 5.26 Å². The van der Waals surface area contributed by atoms with Crippen molar-refractivity contribution < 1.29 is 10.1 Å². The van der Waals surface area contributed by atoms with E-state index in [0.717, 1.165) is 5.55 Å². The van der Waals surface area contributed by atoms with Gasteiger partial charge in [0.25, 0.3) is 0 Å². The highest BCUT2D eigenvalue weighted by molar-refractivity contribution is 7.78. The number of hydrogen-bond acceptors (Lipinski definition) is 3. The van der Waals surface area contributed by atoms with E-state index >= 15 is 0 Å². The van der Waals surface area contributed by atoms with Crippen LogP contribution in [0.4, 0.5) is 0 Å². The van der Waals surface area contributed by atoms with Gasteiger partial charge in [-0.05, 0) is 12.2 Å². The maximum atomic E-state index is 7.22. The van der Waals surface area contributed by atoms with Crippen LogP contribution in [0, 0.1) is 0 Å². The zero-order valence-corrected chi connectivity index (χ0v) is 2.66. The van der Waals surface area contributed by atoms with Crippen LogP contribution < -0.4 is 0 Å². The topological polar surface area (TPSA) is 29.5 Å². The molecule has 0 radical (unpaired) electrons. The smallest absolute Gasteiger partial charge is 0.192 e. The highest BCUT2D eigenvalue weighted by atomic mass is 32.1. The minimum Gasteiger partial charge on any atom is -0.336 e. The summed E-state index contributed by atoms with van der Waals surface area (Å²) in [6, 6.07) is 0. The molecule has 0 aliphatic heterocycles. The molecule has 0 aromatic carbocycles. The Morgan fingerprint density at radius 1 is 2.00 bits per heavy atom. The molecule has 4 heavy (non-hydrogen) atoms. The predicted molar refractivity (Wildman–Crippen MR) is 17.4 cm³/mol. The minimum atomic E-state index is 0.764. The molecule has 24 valence electrons. The standard InChI is InChI=1S/CH2O2S/c2-3-1-4/h1-2H. The van der Waals surface area contributed by atoms with E-state index in [1.165, 1.54) is 0 Å². The molecular weight excluding hydrogens is 76.1 g/mol. The van der Waals surface area contributed by atoms with Crippen molar-refractivity contribution >= 4 is 17.8 Å². The second-order valence-corrected chi connectivity index (χ2v) is 0.394. The Hall–Kier alpha value is -0.150. The summed E-state index contributed by atoms with van der Waals surface area (Å²) in [6.45, 7) is 0. The fourth-order valence-corrected chi connectivity index (χ4v) is 0. The average Bonchev–Trinajstić information content (AvgIpc) is 1.37. The molecule has 0 saturated heterocycles. The van der Waals surface area contributed by atoms with Crippen molar-refractivity contribution in [2.45, 2.75) is 0 Å². The molecule has 0 amide bonds. The van der Waals surface area contributed by atoms with Gasteiger partial charge in [0.15, 0.2) is 5.55 Å². The first-order valence-corrected chi connectivity index (χ1v) is 1.13. The van der Waals surface area contributed by atoms with Crippen molar-refractivity contribution in [2.75, 3.05) is 0 Å². The Morgan fingerprint density at radius 2 is 2.25 bits per heavy atom. The van der Waals surface area contributed by atoms with E-state index in [1.807, 2.05) is 0 Å². The maximum Gasteiger partial charge on any atom is 0.192 e. The molecule has 0 spiro atoms. The van der Waals surface area contributed by atoms with E-state index in [9.17, 15) is 0 Å². The second kappa shape index (κ2) is 2.85. The zero-order chi connectivity index (χ0) is 3.41. The van der Waals surface area contributed by atoms with E-state index < -0.39 is 0 Å². The molecule has 1 N–H and O–H groups in total. The summed E-state index contributed by atoms with van der Waals surface area (Å²) in [5, 5.41) is 7.22. The SMILES string of the molecule is OOC=S. The molecule has 0 heterocycles. The maximum absolute atomic E-state index is 7.22. The van der Waals surface area contributed by atoms with Crippen molar-refractivity contribution in [3.63, 3.8) is 0 Å². The fraction of sp³-hybridized carbons (Fsp3) is 0. The quantitative estimate of drug-likeness (QED) is 0.280. The van der Waals surface area contributed by atoms with Gasteiger partial charge in [-0.15, -0.1) is 0 Å². The third-order valence-electron chi connectivity index (χ3n) is 0.0430. The molecule has 3 heteroatoms. The van der Waals surface area contributed by atoms with Gasteiger partial charge in [0.2, 0.25) is 0 Å². The van der Waals surface area contributed by atoms with Crippen LogP contribution in [-0.2, 0) is 4.89 Å². The van der Waals surface area contributed by atoms with Crippen LogP contribution in [0.1, 0.15) is 0 Å². The number of hydrogen-bond donors (Lipinski definition) is 1. The fourth-order valence-electron chi connectivity index (χ4n) is 0. The van der Waals surface area contributed by atoms with Crippen LogP contribution in [0.5, 0.6) is 0 Å². The molecular formula is CH2O2S. The van der Waals surface area contributed by atoms with Crippen LogP contribution >= 0.6 is 12.2 Å². The molecule has 2 nitrogen and oxygen atoms in total. The summed E-state index contributed by atoms with van der Waals surface area (Å²) >= 11 is 3.96. The van der Waals surface area contributed by atoms with Crippen LogP contribution in [0.2, 0.25) is 0 Å². The lowest BCUT2D eigenvalue weighted by molar-refractivity contribution is -0.144. The first kappa shape index (κ1) is 3.85. The summed E-state index contributed by atoms with van der Waals surface area (Å²) in [4.78, 5) is 3.23. The summed E-state index contributed by atoms with van der Waals surface area (Å²) in [7, 11) is 0. The van der Waals surface area contributed by atoms with Gasteiger partial charge in [0.1, 0.15) is 0 Å². The van der Waals surface area contributed by atoms with Crippen LogP contribution in [0.25, 0.3) is 0 Å². The third kappa shape index (κ3) is 1.85. The van der Waals surface area contributed by atoms with Crippen molar-refractivity contribution in [3.05, 3.63) is 0 Å². The van der Waals surface area contributed by atoms with Crippen molar-refractivity contribution in [2.24, 2.45) is 0 Å². The van der Waals surface area contributed by atoms with E-state index in [1.54, 1.807) is 0 Å².